The Morgan fingerprint density at radius 3 is 3.00 bits per heavy atom. The number of aliphatic carboxylic acids is 1. The molecule has 1 aliphatic rings. The number of hydrogen-bond donors (Lipinski definition) is 0. The Balaban J connectivity index is 2.24. The minimum absolute atomic E-state index is 0.320. The van der Waals surface area contributed by atoms with Crippen molar-refractivity contribution >= 4 is 17.7 Å². The Morgan fingerprint density at radius 1 is 1.46 bits per heavy atom. The van der Waals surface area contributed by atoms with Crippen LogP contribution in [0.1, 0.15) is 5.56 Å². The van der Waals surface area contributed by atoms with Crippen LogP contribution in [0.25, 0.3) is 0 Å². The molecule has 3 heteroatoms. The number of carbonyl (C=O) groups is 1. The molecule has 0 aromatic heterocycles. The van der Waals surface area contributed by atoms with Crippen molar-refractivity contribution in [2.45, 2.75) is 11.3 Å². The van der Waals surface area contributed by atoms with Crippen molar-refractivity contribution in [2.75, 3.05) is 5.75 Å². The summed E-state index contributed by atoms with van der Waals surface area (Å²) >= 11 is 1.60. The van der Waals surface area contributed by atoms with Gasteiger partial charge in [-0.15, -0.1) is 11.8 Å². The van der Waals surface area contributed by atoms with E-state index < -0.39 is 5.97 Å². The fourth-order valence-corrected chi connectivity index (χ4v) is 2.63. The summed E-state index contributed by atoms with van der Waals surface area (Å²) in [6, 6.07) is 7.94. The highest BCUT2D eigenvalue weighted by molar-refractivity contribution is 7.99. The number of carbonyl (C=O) groups excluding carboxylic acids is 1. The van der Waals surface area contributed by atoms with E-state index in [4.69, 9.17) is 0 Å². The Labute approximate surface area is 81.0 Å². The van der Waals surface area contributed by atoms with Gasteiger partial charge in [0.05, 0.1) is 0 Å². The lowest BCUT2D eigenvalue weighted by Crippen LogP contribution is -2.35. The number of carboxylic acids is 1. The Bertz CT molecular complexity index is 335. The van der Waals surface area contributed by atoms with Crippen LogP contribution in [-0.4, -0.2) is 11.7 Å². The van der Waals surface area contributed by atoms with Crippen LogP contribution in [-0.2, 0) is 11.2 Å². The van der Waals surface area contributed by atoms with Gasteiger partial charge in [-0.1, -0.05) is 18.2 Å². The topological polar surface area (TPSA) is 40.1 Å². The first kappa shape index (κ1) is 8.63. The van der Waals surface area contributed by atoms with E-state index in [9.17, 15) is 9.90 Å². The summed E-state index contributed by atoms with van der Waals surface area (Å²) in [5.41, 5.74) is 1.13. The van der Waals surface area contributed by atoms with Crippen molar-refractivity contribution in [1.29, 1.82) is 0 Å². The molecule has 0 N–H and O–H groups in total. The zero-order valence-electron chi connectivity index (χ0n) is 7.03. The van der Waals surface area contributed by atoms with E-state index in [0.29, 0.717) is 12.2 Å². The van der Waals surface area contributed by atoms with Crippen molar-refractivity contribution < 1.29 is 9.90 Å². The first-order chi connectivity index (χ1) is 6.27. The lowest BCUT2D eigenvalue weighted by Gasteiger charge is -2.24. The maximum absolute atomic E-state index is 10.6. The van der Waals surface area contributed by atoms with E-state index in [0.717, 1.165) is 5.56 Å². The van der Waals surface area contributed by atoms with Crippen molar-refractivity contribution in [2.24, 2.45) is 5.92 Å². The molecule has 0 radical (unpaired) electrons. The lowest BCUT2D eigenvalue weighted by molar-refractivity contribution is -0.310. The van der Waals surface area contributed by atoms with Crippen LogP contribution >= 0.6 is 11.8 Å². The van der Waals surface area contributed by atoms with E-state index in [1.165, 1.54) is 4.90 Å². The molecule has 0 spiro atoms. The Kier molecular flexibility index (Phi) is 2.27. The van der Waals surface area contributed by atoms with Crippen LogP contribution in [0.4, 0.5) is 0 Å². The zero-order valence-corrected chi connectivity index (χ0v) is 7.84. The van der Waals surface area contributed by atoms with E-state index >= 15 is 0 Å². The average molecular weight is 193 g/mol. The van der Waals surface area contributed by atoms with E-state index in [2.05, 4.69) is 0 Å². The minimum atomic E-state index is -0.929. The smallest absolute Gasteiger partial charge is 0.0457 e. The molecule has 1 aliphatic heterocycles. The second-order valence-electron chi connectivity index (χ2n) is 3.14. The summed E-state index contributed by atoms with van der Waals surface area (Å²) in [6.45, 7) is 0. The van der Waals surface area contributed by atoms with Gasteiger partial charge in [-0.3, -0.25) is 0 Å². The van der Waals surface area contributed by atoms with Crippen LogP contribution in [0.3, 0.4) is 0 Å². The van der Waals surface area contributed by atoms with E-state index in [-0.39, 0.29) is 5.92 Å². The number of rotatable bonds is 1. The quantitative estimate of drug-likeness (QED) is 0.659. The largest absolute Gasteiger partial charge is 0.550 e. The van der Waals surface area contributed by atoms with Gasteiger partial charge < -0.3 is 9.90 Å². The Morgan fingerprint density at radius 2 is 2.23 bits per heavy atom. The highest BCUT2D eigenvalue weighted by Gasteiger charge is 2.19. The monoisotopic (exact) mass is 193 g/mol. The number of thioether (sulfide) groups is 1. The normalized spacial score (nSPS) is 20.8. The van der Waals surface area contributed by atoms with Crippen LogP contribution in [0, 0.1) is 5.92 Å². The number of fused-ring (bicyclic) bond motifs is 1. The molecule has 1 atom stereocenters. The summed E-state index contributed by atoms with van der Waals surface area (Å²) in [7, 11) is 0. The molecule has 1 aromatic carbocycles. The minimum Gasteiger partial charge on any atom is -0.550 e. The molecular formula is C10H9O2S-. The van der Waals surface area contributed by atoms with E-state index in [1.54, 1.807) is 11.8 Å². The fourth-order valence-electron chi connectivity index (χ4n) is 1.48. The molecule has 0 aliphatic carbocycles. The van der Waals surface area contributed by atoms with E-state index in [1.807, 2.05) is 24.3 Å². The van der Waals surface area contributed by atoms with Crippen LogP contribution in [0.15, 0.2) is 29.2 Å². The summed E-state index contributed by atoms with van der Waals surface area (Å²) in [5, 5.41) is 10.6. The highest BCUT2D eigenvalue weighted by atomic mass is 32.2. The standard InChI is InChI=1S/C10H10O2S/c11-10(12)8-5-7-3-1-2-4-9(7)13-6-8/h1-4,8H,5-6H2,(H,11,12)/p-1. The highest BCUT2D eigenvalue weighted by Crippen LogP contribution is 2.32. The molecule has 0 saturated heterocycles. The molecule has 0 saturated carbocycles. The van der Waals surface area contributed by atoms with Crippen LogP contribution < -0.4 is 5.11 Å². The summed E-state index contributed by atoms with van der Waals surface area (Å²) in [4.78, 5) is 11.8. The predicted octanol–water partition coefficient (Wildman–Crippen LogP) is 0.701. The maximum atomic E-state index is 10.6. The molecule has 0 bridgehead atoms. The summed E-state index contributed by atoms with van der Waals surface area (Å²) < 4.78 is 0. The van der Waals surface area contributed by atoms with Crippen molar-refractivity contribution in [3.05, 3.63) is 29.8 Å². The molecule has 2 nitrogen and oxygen atoms in total. The van der Waals surface area contributed by atoms with Gasteiger partial charge in [0, 0.05) is 22.5 Å². The Hall–Kier alpha value is -0.960. The predicted molar refractivity (Wildman–Crippen MR) is 49.4 cm³/mol. The molecule has 13 heavy (non-hydrogen) atoms. The second kappa shape index (κ2) is 3.42. The summed E-state index contributed by atoms with van der Waals surface area (Å²) in [6.07, 6.45) is 0.617. The van der Waals surface area contributed by atoms with Gasteiger partial charge >= 0.3 is 0 Å². The number of carboxylic acid groups (broad SMARTS) is 1. The third-order valence-electron chi connectivity index (χ3n) is 2.21. The zero-order chi connectivity index (χ0) is 9.26. The van der Waals surface area contributed by atoms with Crippen molar-refractivity contribution in [1.82, 2.24) is 0 Å². The fraction of sp³-hybridized carbons (Fsp3) is 0.300. The van der Waals surface area contributed by atoms with Gasteiger partial charge in [-0.25, -0.2) is 0 Å². The molecule has 0 amide bonds. The summed E-state index contributed by atoms with van der Waals surface area (Å²) in [5.74, 6) is -0.610. The van der Waals surface area contributed by atoms with Gasteiger partial charge in [0.15, 0.2) is 0 Å². The third kappa shape index (κ3) is 1.70. The molecule has 1 aromatic rings. The van der Waals surface area contributed by atoms with Gasteiger partial charge in [0.2, 0.25) is 0 Å². The van der Waals surface area contributed by atoms with Gasteiger partial charge in [-0.05, 0) is 18.1 Å². The van der Waals surface area contributed by atoms with Crippen molar-refractivity contribution in [3.63, 3.8) is 0 Å². The number of benzene rings is 1. The molecule has 2 rings (SSSR count). The van der Waals surface area contributed by atoms with Crippen molar-refractivity contribution in [3.8, 4) is 0 Å². The average Bonchev–Trinajstić information content (AvgIpc) is 2.17. The van der Waals surface area contributed by atoms with Gasteiger partial charge in [0.1, 0.15) is 0 Å². The first-order valence-corrected chi connectivity index (χ1v) is 5.17. The van der Waals surface area contributed by atoms with Crippen LogP contribution in [0.5, 0.6) is 0 Å². The lowest BCUT2D eigenvalue weighted by atomic mass is 10.0. The molecule has 1 unspecified atom stereocenters. The third-order valence-corrected chi connectivity index (χ3v) is 3.49. The molecule has 68 valence electrons. The second-order valence-corrected chi connectivity index (χ2v) is 4.20. The van der Waals surface area contributed by atoms with Gasteiger partial charge in [-0.2, -0.15) is 0 Å². The maximum Gasteiger partial charge on any atom is 0.0457 e. The molecule has 1 heterocycles. The molecular weight excluding hydrogens is 184 g/mol. The first-order valence-electron chi connectivity index (χ1n) is 4.19. The SMILES string of the molecule is O=C([O-])C1CSc2ccccc2C1. The molecule has 0 fully saturated rings. The number of hydrogen-bond acceptors (Lipinski definition) is 3. The van der Waals surface area contributed by atoms with Crippen LogP contribution in [0.2, 0.25) is 0 Å². The van der Waals surface area contributed by atoms with Gasteiger partial charge in [0.25, 0.3) is 0 Å².